The summed E-state index contributed by atoms with van der Waals surface area (Å²) in [5.74, 6) is 0.443. The molecule has 0 saturated carbocycles. The Kier molecular flexibility index (Phi) is 14.6. The van der Waals surface area contributed by atoms with Crippen LogP contribution in [0.15, 0.2) is 54.0 Å². The molecule has 1 aromatic heterocycles. The molecule has 2 aromatic carbocycles. The van der Waals surface area contributed by atoms with Crippen LogP contribution in [0.1, 0.15) is 114 Å². The van der Waals surface area contributed by atoms with Crippen molar-refractivity contribution in [2.75, 3.05) is 11.9 Å². The average molecular weight is 578 g/mol. The van der Waals surface area contributed by atoms with Crippen LogP contribution in [0.5, 0.6) is 5.75 Å². The molecule has 0 aliphatic carbocycles. The van der Waals surface area contributed by atoms with Crippen LogP contribution in [-0.4, -0.2) is 18.3 Å². The number of benzene rings is 2. The number of ketones is 1. The molecule has 0 fully saturated rings. The molecular formula is C35H49N2O3S+. The molecule has 6 heteroatoms. The third-order valence-electron chi connectivity index (χ3n) is 7.46. The van der Waals surface area contributed by atoms with Crippen LogP contribution < -0.4 is 14.6 Å². The van der Waals surface area contributed by atoms with Gasteiger partial charge in [0.1, 0.15) is 12.3 Å². The van der Waals surface area contributed by atoms with Crippen LogP contribution in [0, 0.1) is 0 Å². The molecule has 0 unspecified atom stereocenters. The largest absolute Gasteiger partial charge is 0.493 e. The lowest BCUT2D eigenvalue weighted by atomic mass is 10.0. The number of Topliss-reactive ketones (excluding diaryl/α,β-unsaturated/α-hetero) is 1. The van der Waals surface area contributed by atoms with Gasteiger partial charge >= 0.3 is 0 Å². The molecule has 3 rings (SSSR count). The number of thiazole rings is 1. The zero-order valence-electron chi connectivity index (χ0n) is 25.4. The van der Waals surface area contributed by atoms with Crippen LogP contribution in [0.3, 0.4) is 0 Å². The first kappa shape index (κ1) is 32.5. The second-order valence-corrected chi connectivity index (χ2v) is 11.8. The first-order valence-corrected chi connectivity index (χ1v) is 16.5. The summed E-state index contributed by atoms with van der Waals surface area (Å²) in [6.45, 7) is 7.44. The first-order chi connectivity index (χ1) is 20.0. The Bertz CT molecular complexity index is 1220. The molecule has 1 heterocycles. The molecule has 222 valence electrons. The van der Waals surface area contributed by atoms with E-state index in [1.807, 2.05) is 30.3 Å². The van der Waals surface area contributed by atoms with Crippen molar-refractivity contribution in [3.8, 4) is 16.3 Å². The Morgan fingerprint density at radius 2 is 1.54 bits per heavy atom. The van der Waals surface area contributed by atoms with Gasteiger partial charge in [-0.25, -0.2) is 0 Å². The maximum atomic E-state index is 12.8. The number of unbranched alkanes of at least 4 members (excludes halogenated alkanes) is 11. The summed E-state index contributed by atoms with van der Waals surface area (Å²) in [4.78, 5) is 25.2. The number of nitrogens with one attached hydrogen (secondary N) is 1. The van der Waals surface area contributed by atoms with Gasteiger partial charge in [0.25, 0.3) is 5.01 Å². The highest BCUT2D eigenvalue weighted by Gasteiger charge is 2.15. The number of hydrogen-bond donors (Lipinski definition) is 1. The van der Waals surface area contributed by atoms with Crippen molar-refractivity contribution >= 4 is 28.7 Å². The molecular weight excluding hydrogens is 528 g/mol. The molecule has 0 radical (unpaired) electrons. The summed E-state index contributed by atoms with van der Waals surface area (Å²) >= 11 is 1.68. The predicted octanol–water partition coefficient (Wildman–Crippen LogP) is 9.19. The number of carbonyl (C=O) groups excluding carboxylic acids is 2. The van der Waals surface area contributed by atoms with Crippen molar-refractivity contribution in [3.05, 3.63) is 65.2 Å². The van der Waals surface area contributed by atoms with Gasteiger partial charge in [-0.1, -0.05) is 101 Å². The summed E-state index contributed by atoms with van der Waals surface area (Å²) in [6, 6.07) is 13.4. The molecule has 0 saturated heterocycles. The smallest absolute Gasteiger partial charge is 0.269 e. The minimum atomic E-state index is -0.114. The Morgan fingerprint density at radius 3 is 2.20 bits per heavy atom. The van der Waals surface area contributed by atoms with Crippen molar-refractivity contribution in [2.45, 2.75) is 111 Å². The third-order valence-corrected chi connectivity index (χ3v) is 8.41. The first-order valence-electron chi connectivity index (χ1n) is 15.7. The minimum absolute atomic E-state index is 0.0511. The lowest BCUT2D eigenvalue weighted by molar-refractivity contribution is -0.678. The summed E-state index contributed by atoms with van der Waals surface area (Å²) in [7, 11) is 0. The van der Waals surface area contributed by atoms with Crippen LogP contribution in [0.4, 0.5) is 5.69 Å². The number of aryl methyl sites for hydroxylation is 1. The van der Waals surface area contributed by atoms with E-state index in [4.69, 9.17) is 4.74 Å². The van der Waals surface area contributed by atoms with Crippen LogP contribution in [0.25, 0.3) is 10.6 Å². The minimum Gasteiger partial charge on any atom is -0.493 e. The SMILES string of the molecule is CCCCCCCCCCCCCCOc1ccc(CC(=O)Nc2cccc(-c3scc[n+]3CC)c2)cc1C(C)=O. The number of amides is 1. The Balaban J connectivity index is 1.40. The zero-order chi connectivity index (χ0) is 29.3. The molecule has 0 aliphatic heterocycles. The van der Waals surface area contributed by atoms with E-state index >= 15 is 0 Å². The van der Waals surface area contributed by atoms with E-state index in [9.17, 15) is 9.59 Å². The fraction of sp³-hybridized carbons (Fsp3) is 0.514. The van der Waals surface area contributed by atoms with Gasteiger partial charge in [0.05, 0.1) is 29.5 Å². The van der Waals surface area contributed by atoms with Crippen LogP contribution in [-0.2, 0) is 17.8 Å². The van der Waals surface area contributed by atoms with Gasteiger partial charge in [0.15, 0.2) is 12.0 Å². The van der Waals surface area contributed by atoms with E-state index in [1.54, 1.807) is 24.3 Å². The molecule has 1 N–H and O–H groups in total. The van der Waals surface area contributed by atoms with Crippen molar-refractivity contribution in [2.24, 2.45) is 0 Å². The van der Waals surface area contributed by atoms with E-state index in [2.05, 4.69) is 41.4 Å². The van der Waals surface area contributed by atoms with E-state index in [0.717, 1.165) is 41.2 Å². The van der Waals surface area contributed by atoms with Gasteiger partial charge in [0.2, 0.25) is 5.91 Å². The molecule has 0 aliphatic rings. The van der Waals surface area contributed by atoms with Crippen LogP contribution >= 0.6 is 11.3 Å². The van der Waals surface area contributed by atoms with Gasteiger partial charge in [0, 0.05) is 5.69 Å². The van der Waals surface area contributed by atoms with Gasteiger partial charge in [-0.2, -0.15) is 4.57 Å². The molecule has 5 nitrogen and oxygen atoms in total. The van der Waals surface area contributed by atoms with Crippen molar-refractivity contribution in [1.82, 2.24) is 0 Å². The van der Waals surface area contributed by atoms with Gasteiger partial charge in [-0.15, -0.1) is 0 Å². The summed E-state index contributed by atoms with van der Waals surface area (Å²) < 4.78 is 8.18. The maximum absolute atomic E-state index is 12.8. The van der Waals surface area contributed by atoms with E-state index in [-0.39, 0.29) is 18.1 Å². The number of nitrogens with zero attached hydrogens (tertiary/aromatic N) is 1. The van der Waals surface area contributed by atoms with Crippen molar-refractivity contribution in [3.63, 3.8) is 0 Å². The highest BCUT2D eigenvalue weighted by atomic mass is 32.1. The van der Waals surface area contributed by atoms with E-state index < -0.39 is 0 Å². The summed E-state index contributed by atoms with van der Waals surface area (Å²) in [5, 5.41) is 6.25. The average Bonchev–Trinajstić information content (AvgIpc) is 3.45. The predicted molar refractivity (Wildman–Crippen MR) is 171 cm³/mol. The lowest BCUT2D eigenvalue weighted by Gasteiger charge is -2.12. The van der Waals surface area contributed by atoms with Gasteiger partial charge in [-0.05, 0) is 56.2 Å². The second-order valence-electron chi connectivity index (χ2n) is 10.9. The lowest BCUT2D eigenvalue weighted by Crippen LogP contribution is -2.31. The Hall–Kier alpha value is -2.99. The van der Waals surface area contributed by atoms with Crippen molar-refractivity contribution in [1.29, 1.82) is 0 Å². The third kappa shape index (κ3) is 11.4. The second kappa shape index (κ2) is 18.4. The fourth-order valence-corrected chi connectivity index (χ4v) is 6.05. The number of rotatable bonds is 20. The number of anilines is 1. The summed E-state index contributed by atoms with van der Waals surface area (Å²) in [6.07, 6.45) is 17.9. The highest BCUT2D eigenvalue weighted by Crippen LogP contribution is 2.25. The monoisotopic (exact) mass is 577 g/mol. The van der Waals surface area contributed by atoms with E-state index in [0.29, 0.717) is 17.9 Å². The molecule has 0 atom stereocenters. The summed E-state index contributed by atoms with van der Waals surface area (Å²) in [5.41, 5.74) is 3.17. The van der Waals surface area contributed by atoms with Gasteiger partial charge in [-0.3, -0.25) is 9.59 Å². The van der Waals surface area contributed by atoms with Crippen molar-refractivity contribution < 1.29 is 18.9 Å². The highest BCUT2D eigenvalue weighted by molar-refractivity contribution is 7.12. The molecule has 3 aromatic rings. The number of aromatic nitrogens is 1. The standard InChI is InChI=1S/C35H48N2O3S/c1-4-6-7-8-9-10-11-12-13-14-15-16-23-40-33-21-20-29(25-32(33)28(3)38)26-34(39)36-31-19-17-18-30(27-31)35-37(5-2)22-24-41-35/h17-22,24-25,27H,4-16,23,26H2,1-3H3/p+1. The maximum Gasteiger partial charge on any atom is 0.269 e. The van der Waals surface area contributed by atoms with E-state index in [1.165, 1.54) is 64.2 Å². The molecule has 1 amide bonds. The number of carbonyl (C=O) groups is 2. The quantitative estimate of drug-likeness (QED) is 0.0827. The molecule has 0 spiro atoms. The Morgan fingerprint density at radius 1 is 0.854 bits per heavy atom. The molecule has 41 heavy (non-hydrogen) atoms. The van der Waals surface area contributed by atoms with Gasteiger partial charge < -0.3 is 10.1 Å². The molecule has 0 bridgehead atoms. The topological polar surface area (TPSA) is 59.3 Å². The fourth-order valence-electron chi connectivity index (χ4n) is 5.12. The normalized spacial score (nSPS) is 11.0. The zero-order valence-corrected chi connectivity index (χ0v) is 26.2. The van der Waals surface area contributed by atoms with Crippen LogP contribution in [0.2, 0.25) is 0 Å². The number of hydrogen-bond acceptors (Lipinski definition) is 4. The number of ether oxygens (including phenoxy) is 1. The Labute approximate surface area is 251 Å².